The Morgan fingerprint density at radius 1 is 1.00 bits per heavy atom. The van der Waals surface area contributed by atoms with Crippen molar-refractivity contribution in [3.63, 3.8) is 0 Å². The quantitative estimate of drug-likeness (QED) is 0.233. The number of carbonyl (C=O) groups excluding carboxylic acids is 2. The second-order valence-corrected chi connectivity index (χ2v) is 8.40. The first-order valence-electron chi connectivity index (χ1n) is 11.6. The fourth-order valence-corrected chi connectivity index (χ4v) is 4.30. The van der Waals surface area contributed by atoms with Gasteiger partial charge in [-0.3, -0.25) is 14.5 Å². The number of ketones is 1. The highest BCUT2D eigenvalue weighted by atomic mass is 19.4. The summed E-state index contributed by atoms with van der Waals surface area (Å²) < 4.78 is 52.6. The number of halogens is 3. The highest BCUT2D eigenvalue weighted by Crippen LogP contribution is 2.43. The van der Waals surface area contributed by atoms with E-state index in [1.54, 1.807) is 49.4 Å². The molecule has 7 nitrogen and oxygen atoms in total. The summed E-state index contributed by atoms with van der Waals surface area (Å²) in [7, 11) is 1.46. The molecule has 10 heteroatoms. The number of aryl methyl sites for hydroxylation is 1. The number of benzene rings is 3. The number of aliphatic hydroxyl groups is 1. The summed E-state index contributed by atoms with van der Waals surface area (Å²) >= 11 is 0. The first-order chi connectivity index (χ1) is 18.0. The lowest BCUT2D eigenvalue weighted by Gasteiger charge is -2.26. The summed E-state index contributed by atoms with van der Waals surface area (Å²) in [6.07, 6.45) is -4.89. The second kappa shape index (κ2) is 10.5. The molecule has 1 atom stereocenters. The predicted octanol–water partition coefficient (Wildman–Crippen LogP) is 5.93. The molecule has 0 radical (unpaired) electrons. The number of methoxy groups -OCH3 is 1. The summed E-state index contributed by atoms with van der Waals surface area (Å²) in [5, 5.41) is 11.3. The van der Waals surface area contributed by atoms with E-state index >= 15 is 0 Å². The molecule has 4 rings (SSSR count). The van der Waals surface area contributed by atoms with Crippen LogP contribution in [0.3, 0.4) is 0 Å². The van der Waals surface area contributed by atoms with Crippen LogP contribution in [0.15, 0.2) is 72.3 Å². The van der Waals surface area contributed by atoms with Gasteiger partial charge in [0.25, 0.3) is 11.7 Å². The largest absolute Gasteiger partial charge is 0.573 e. The summed E-state index contributed by atoms with van der Waals surface area (Å²) in [6.45, 7) is 4.06. The molecule has 1 heterocycles. The molecular weight excluding hydrogens is 503 g/mol. The van der Waals surface area contributed by atoms with E-state index in [0.29, 0.717) is 34.8 Å². The van der Waals surface area contributed by atoms with Gasteiger partial charge in [-0.2, -0.15) is 0 Å². The number of hydrogen-bond donors (Lipinski definition) is 1. The number of carbonyl (C=O) groups is 2. The smallest absolute Gasteiger partial charge is 0.507 e. The van der Waals surface area contributed by atoms with E-state index in [4.69, 9.17) is 9.47 Å². The average molecular weight is 527 g/mol. The van der Waals surface area contributed by atoms with Crippen molar-refractivity contribution >= 4 is 23.1 Å². The zero-order valence-electron chi connectivity index (χ0n) is 20.7. The van der Waals surface area contributed by atoms with Crippen LogP contribution < -0.4 is 19.1 Å². The lowest BCUT2D eigenvalue weighted by atomic mass is 9.94. The number of Topliss-reactive ketones (excluding diaryl/α,β-unsaturated/α-hetero) is 1. The van der Waals surface area contributed by atoms with Gasteiger partial charge >= 0.3 is 6.36 Å². The van der Waals surface area contributed by atoms with Gasteiger partial charge in [-0.1, -0.05) is 12.1 Å². The van der Waals surface area contributed by atoms with Gasteiger partial charge in [0.05, 0.1) is 25.3 Å². The van der Waals surface area contributed by atoms with Crippen LogP contribution >= 0.6 is 0 Å². The molecule has 1 aliphatic rings. The van der Waals surface area contributed by atoms with Gasteiger partial charge in [0, 0.05) is 11.3 Å². The van der Waals surface area contributed by atoms with Crippen molar-refractivity contribution in [2.75, 3.05) is 18.6 Å². The van der Waals surface area contributed by atoms with E-state index in [-0.39, 0.29) is 11.3 Å². The van der Waals surface area contributed by atoms with Crippen molar-refractivity contribution in [3.8, 4) is 17.2 Å². The number of rotatable bonds is 7. The third-order valence-electron chi connectivity index (χ3n) is 5.95. The van der Waals surface area contributed by atoms with Crippen molar-refractivity contribution in [2.45, 2.75) is 26.3 Å². The van der Waals surface area contributed by atoms with E-state index in [1.165, 1.54) is 19.2 Å². The minimum atomic E-state index is -4.89. The van der Waals surface area contributed by atoms with Gasteiger partial charge in [0.15, 0.2) is 0 Å². The molecule has 1 aliphatic heterocycles. The van der Waals surface area contributed by atoms with Crippen molar-refractivity contribution in [3.05, 3.63) is 89.0 Å². The Kier molecular flexibility index (Phi) is 7.34. The van der Waals surface area contributed by atoms with Crippen LogP contribution in [0.5, 0.6) is 17.2 Å². The predicted molar refractivity (Wildman–Crippen MR) is 133 cm³/mol. The van der Waals surface area contributed by atoms with E-state index in [9.17, 15) is 27.9 Å². The van der Waals surface area contributed by atoms with Crippen LogP contribution in [-0.2, 0) is 9.59 Å². The van der Waals surface area contributed by atoms with Gasteiger partial charge in [0.2, 0.25) is 0 Å². The molecule has 0 spiro atoms. The average Bonchev–Trinajstić information content (AvgIpc) is 3.14. The van der Waals surface area contributed by atoms with Crippen molar-refractivity contribution in [2.24, 2.45) is 0 Å². The molecule has 0 saturated carbocycles. The van der Waals surface area contributed by atoms with Gasteiger partial charge < -0.3 is 19.3 Å². The lowest BCUT2D eigenvalue weighted by Crippen LogP contribution is -2.29. The summed E-state index contributed by atoms with van der Waals surface area (Å²) in [5.41, 5.74) is 1.41. The summed E-state index contributed by atoms with van der Waals surface area (Å²) in [6, 6.07) is 14.9. The molecule has 1 saturated heterocycles. The Balaban J connectivity index is 1.86. The molecule has 0 aliphatic carbocycles. The summed E-state index contributed by atoms with van der Waals surface area (Å²) in [4.78, 5) is 27.7. The third-order valence-corrected chi connectivity index (χ3v) is 5.95. The Morgan fingerprint density at radius 3 is 2.32 bits per heavy atom. The molecule has 1 unspecified atom stereocenters. The number of nitrogens with zero attached hydrogens (tertiary/aromatic N) is 1. The zero-order valence-corrected chi connectivity index (χ0v) is 20.7. The van der Waals surface area contributed by atoms with E-state index < -0.39 is 35.6 Å². The van der Waals surface area contributed by atoms with Crippen LogP contribution in [0.25, 0.3) is 5.76 Å². The van der Waals surface area contributed by atoms with Gasteiger partial charge in [0.1, 0.15) is 23.0 Å². The molecule has 0 bridgehead atoms. The molecule has 3 aromatic rings. The number of ether oxygens (including phenoxy) is 3. The number of hydrogen-bond acceptors (Lipinski definition) is 6. The van der Waals surface area contributed by atoms with Crippen LogP contribution in [-0.4, -0.2) is 36.9 Å². The first-order valence-corrected chi connectivity index (χ1v) is 11.6. The van der Waals surface area contributed by atoms with E-state index in [1.807, 2.05) is 6.92 Å². The first kappa shape index (κ1) is 26.6. The normalized spacial score (nSPS) is 17.0. The SMILES string of the molecule is CCOc1ccc(/C(O)=C2/C(=O)C(=O)N(c3ccc(OC(F)(F)F)cc3)C2c2cccc(OC)c2)cc1C. The minimum absolute atomic E-state index is 0.136. The van der Waals surface area contributed by atoms with Gasteiger partial charge in [-0.05, 0) is 79.6 Å². The number of aliphatic hydroxyl groups excluding tert-OH is 1. The minimum Gasteiger partial charge on any atom is -0.507 e. The van der Waals surface area contributed by atoms with Crippen molar-refractivity contribution in [1.29, 1.82) is 0 Å². The summed E-state index contributed by atoms with van der Waals surface area (Å²) in [5.74, 6) is -1.74. The molecule has 1 amide bonds. The topological polar surface area (TPSA) is 85.3 Å². The standard InChI is InChI=1S/C28H24F3NO6/c1-4-37-22-13-8-18(14-16(22)2)25(33)23-24(17-6-5-7-21(15-17)36-3)32(27(35)26(23)34)19-9-11-20(12-10-19)38-28(29,30)31/h5-15,24,33H,4H2,1-3H3/b25-23-. The third kappa shape index (κ3) is 5.29. The van der Waals surface area contributed by atoms with Crippen LogP contribution in [0.2, 0.25) is 0 Å². The fraction of sp³-hybridized carbons (Fsp3) is 0.214. The molecular formula is C28H24F3NO6. The van der Waals surface area contributed by atoms with Crippen LogP contribution in [0.4, 0.5) is 18.9 Å². The van der Waals surface area contributed by atoms with Gasteiger partial charge in [-0.25, -0.2) is 0 Å². The lowest BCUT2D eigenvalue weighted by molar-refractivity contribution is -0.274. The van der Waals surface area contributed by atoms with Crippen molar-refractivity contribution < 1.29 is 42.1 Å². The highest BCUT2D eigenvalue weighted by Gasteiger charge is 2.47. The maximum Gasteiger partial charge on any atom is 0.573 e. The fourth-order valence-electron chi connectivity index (χ4n) is 4.30. The molecule has 0 aromatic heterocycles. The Bertz CT molecular complexity index is 1400. The molecule has 1 fully saturated rings. The second-order valence-electron chi connectivity index (χ2n) is 8.40. The molecule has 198 valence electrons. The Hall–Kier alpha value is -4.47. The van der Waals surface area contributed by atoms with Crippen LogP contribution in [0.1, 0.15) is 29.7 Å². The van der Waals surface area contributed by atoms with Gasteiger partial charge in [-0.15, -0.1) is 13.2 Å². The van der Waals surface area contributed by atoms with E-state index in [2.05, 4.69) is 4.74 Å². The Morgan fingerprint density at radius 2 is 1.71 bits per heavy atom. The maximum atomic E-state index is 13.3. The number of amides is 1. The number of alkyl halides is 3. The van der Waals surface area contributed by atoms with E-state index in [0.717, 1.165) is 17.0 Å². The maximum absolute atomic E-state index is 13.3. The van der Waals surface area contributed by atoms with Crippen molar-refractivity contribution in [1.82, 2.24) is 0 Å². The zero-order chi connectivity index (χ0) is 27.6. The monoisotopic (exact) mass is 527 g/mol. The molecule has 3 aromatic carbocycles. The molecule has 38 heavy (non-hydrogen) atoms. The number of anilines is 1. The highest BCUT2D eigenvalue weighted by molar-refractivity contribution is 6.51. The van der Waals surface area contributed by atoms with Crippen LogP contribution in [0, 0.1) is 6.92 Å². The molecule has 1 N–H and O–H groups in total. The Labute approximate surface area is 216 Å².